The van der Waals surface area contributed by atoms with Gasteiger partial charge in [0.2, 0.25) is 0 Å². The molecule has 5 heteroatoms. The second kappa shape index (κ2) is 5.89. The number of carbonyl (C=O) groups excluding carboxylic acids is 2. The number of anilines is 1. The molecule has 0 aromatic heterocycles. The Morgan fingerprint density at radius 1 is 1.41 bits per heavy atom. The number of benzene rings is 1. The number of nitrogens with two attached hydrogens (primary N) is 1. The molecule has 17 heavy (non-hydrogen) atoms. The smallest absolute Gasteiger partial charge is 0.302 e. The molecule has 1 rings (SSSR count). The third kappa shape index (κ3) is 4.14. The summed E-state index contributed by atoms with van der Waals surface area (Å²) in [6.07, 6.45) is 0. The van der Waals surface area contributed by atoms with E-state index in [1.165, 1.54) is 11.8 Å². The van der Waals surface area contributed by atoms with Crippen LogP contribution in [0, 0.1) is 0 Å². The maximum atomic E-state index is 11.9. The number of likely N-dealkylation sites (N-methyl/N-ethyl adjacent to an activating group) is 1. The van der Waals surface area contributed by atoms with Gasteiger partial charge in [0.15, 0.2) is 0 Å². The highest BCUT2D eigenvalue weighted by Crippen LogP contribution is 2.08. The summed E-state index contributed by atoms with van der Waals surface area (Å²) in [5.74, 6) is -0.501. The molecular weight excluding hydrogens is 220 g/mol. The molecular formula is C12H16N2O3. The van der Waals surface area contributed by atoms with E-state index in [-0.39, 0.29) is 18.5 Å². The summed E-state index contributed by atoms with van der Waals surface area (Å²) in [7, 11) is 1.65. The zero-order chi connectivity index (χ0) is 12.8. The topological polar surface area (TPSA) is 72.6 Å². The summed E-state index contributed by atoms with van der Waals surface area (Å²) in [6.45, 7) is 1.88. The number of carbonyl (C=O) groups is 2. The second-order valence-electron chi connectivity index (χ2n) is 3.69. The van der Waals surface area contributed by atoms with Crippen LogP contribution in [-0.4, -0.2) is 37.0 Å². The minimum absolute atomic E-state index is 0.149. The summed E-state index contributed by atoms with van der Waals surface area (Å²) >= 11 is 0. The number of esters is 1. The molecule has 0 aliphatic rings. The van der Waals surface area contributed by atoms with Crippen LogP contribution >= 0.6 is 0 Å². The largest absolute Gasteiger partial charge is 0.464 e. The second-order valence-corrected chi connectivity index (χ2v) is 3.69. The fraction of sp³-hybridized carbons (Fsp3) is 0.333. The number of amides is 1. The van der Waals surface area contributed by atoms with Gasteiger partial charge in [-0.1, -0.05) is 6.07 Å². The Bertz CT molecular complexity index is 418. The summed E-state index contributed by atoms with van der Waals surface area (Å²) in [5.41, 5.74) is 6.67. The van der Waals surface area contributed by atoms with E-state index < -0.39 is 0 Å². The molecule has 1 aromatic rings. The van der Waals surface area contributed by atoms with E-state index in [0.29, 0.717) is 17.8 Å². The van der Waals surface area contributed by atoms with Crippen molar-refractivity contribution in [1.82, 2.24) is 4.90 Å². The van der Waals surface area contributed by atoms with E-state index in [4.69, 9.17) is 10.5 Å². The Morgan fingerprint density at radius 3 is 2.71 bits per heavy atom. The van der Waals surface area contributed by atoms with Gasteiger partial charge in [0.1, 0.15) is 6.61 Å². The zero-order valence-corrected chi connectivity index (χ0v) is 9.97. The van der Waals surface area contributed by atoms with Crippen LogP contribution < -0.4 is 5.73 Å². The molecule has 0 fully saturated rings. The number of rotatable bonds is 4. The molecule has 2 N–H and O–H groups in total. The normalized spacial score (nSPS) is 9.76. The maximum absolute atomic E-state index is 11.9. The number of hydrogen-bond acceptors (Lipinski definition) is 4. The predicted octanol–water partition coefficient (Wildman–Crippen LogP) is 0.904. The molecule has 0 aliphatic heterocycles. The molecule has 0 bridgehead atoms. The van der Waals surface area contributed by atoms with Gasteiger partial charge in [-0.05, 0) is 18.2 Å². The summed E-state index contributed by atoms with van der Waals surface area (Å²) in [4.78, 5) is 24.0. The van der Waals surface area contributed by atoms with Crippen molar-refractivity contribution in [2.24, 2.45) is 0 Å². The lowest BCUT2D eigenvalue weighted by Gasteiger charge is -2.17. The molecule has 0 atom stereocenters. The number of nitrogens with zero attached hydrogens (tertiary/aromatic N) is 1. The average molecular weight is 236 g/mol. The van der Waals surface area contributed by atoms with Crippen LogP contribution in [0.1, 0.15) is 17.3 Å². The van der Waals surface area contributed by atoms with Gasteiger partial charge in [-0.25, -0.2) is 0 Å². The molecule has 0 aliphatic carbocycles. The monoisotopic (exact) mass is 236 g/mol. The minimum atomic E-state index is -0.352. The highest BCUT2D eigenvalue weighted by molar-refractivity contribution is 5.94. The molecule has 0 unspecified atom stereocenters. The molecule has 1 aromatic carbocycles. The molecule has 0 heterocycles. The van der Waals surface area contributed by atoms with Gasteiger partial charge >= 0.3 is 5.97 Å². The molecule has 1 amide bonds. The third-order valence-electron chi connectivity index (χ3n) is 2.21. The van der Waals surface area contributed by atoms with Crippen molar-refractivity contribution in [3.63, 3.8) is 0 Å². The van der Waals surface area contributed by atoms with Crippen molar-refractivity contribution in [3.8, 4) is 0 Å². The van der Waals surface area contributed by atoms with Crippen LogP contribution in [0.2, 0.25) is 0 Å². The van der Waals surface area contributed by atoms with Crippen LogP contribution in [0.15, 0.2) is 24.3 Å². The summed E-state index contributed by atoms with van der Waals surface area (Å²) in [5, 5.41) is 0. The Kier molecular flexibility index (Phi) is 4.51. The first kappa shape index (κ1) is 13.0. The maximum Gasteiger partial charge on any atom is 0.302 e. The fourth-order valence-electron chi connectivity index (χ4n) is 1.32. The minimum Gasteiger partial charge on any atom is -0.464 e. The average Bonchev–Trinajstić information content (AvgIpc) is 2.27. The molecule has 92 valence electrons. The van der Waals surface area contributed by atoms with Gasteiger partial charge in [0, 0.05) is 25.2 Å². The van der Waals surface area contributed by atoms with Crippen LogP contribution in [-0.2, 0) is 9.53 Å². The Labute approximate surface area is 100 Å². The fourth-order valence-corrected chi connectivity index (χ4v) is 1.32. The van der Waals surface area contributed by atoms with Gasteiger partial charge in [-0.15, -0.1) is 0 Å². The van der Waals surface area contributed by atoms with Crippen molar-refractivity contribution >= 4 is 17.6 Å². The summed E-state index contributed by atoms with van der Waals surface area (Å²) in [6, 6.07) is 6.75. The number of hydrogen-bond donors (Lipinski definition) is 1. The third-order valence-corrected chi connectivity index (χ3v) is 2.21. The van der Waals surface area contributed by atoms with Gasteiger partial charge in [0.05, 0.1) is 6.54 Å². The van der Waals surface area contributed by atoms with E-state index >= 15 is 0 Å². The predicted molar refractivity (Wildman–Crippen MR) is 64.4 cm³/mol. The first-order valence-corrected chi connectivity index (χ1v) is 5.25. The Morgan fingerprint density at radius 2 is 2.12 bits per heavy atom. The zero-order valence-electron chi connectivity index (χ0n) is 9.97. The van der Waals surface area contributed by atoms with E-state index in [2.05, 4.69) is 0 Å². The van der Waals surface area contributed by atoms with Gasteiger partial charge < -0.3 is 15.4 Å². The summed E-state index contributed by atoms with van der Waals surface area (Å²) < 4.78 is 4.76. The van der Waals surface area contributed by atoms with E-state index in [9.17, 15) is 9.59 Å². The Hall–Kier alpha value is -2.04. The first-order valence-electron chi connectivity index (χ1n) is 5.25. The van der Waals surface area contributed by atoms with E-state index in [1.54, 1.807) is 31.3 Å². The van der Waals surface area contributed by atoms with Crippen molar-refractivity contribution in [3.05, 3.63) is 29.8 Å². The standard InChI is InChI=1S/C12H16N2O3/c1-9(15)17-7-6-14(2)12(16)10-4-3-5-11(13)8-10/h3-5,8H,6-7,13H2,1-2H3. The lowest BCUT2D eigenvalue weighted by Crippen LogP contribution is -2.30. The molecule has 5 nitrogen and oxygen atoms in total. The van der Waals surface area contributed by atoms with Gasteiger partial charge in [0.25, 0.3) is 5.91 Å². The molecule has 0 saturated heterocycles. The quantitative estimate of drug-likeness (QED) is 0.622. The molecule has 0 saturated carbocycles. The van der Waals surface area contributed by atoms with Gasteiger partial charge in [-0.3, -0.25) is 9.59 Å². The highest BCUT2D eigenvalue weighted by Gasteiger charge is 2.11. The highest BCUT2D eigenvalue weighted by atomic mass is 16.5. The SMILES string of the molecule is CC(=O)OCCN(C)C(=O)c1cccc(N)c1. The van der Waals surface area contributed by atoms with Crippen molar-refractivity contribution < 1.29 is 14.3 Å². The van der Waals surface area contributed by atoms with Crippen LogP contribution in [0.3, 0.4) is 0 Å². The van der Waals surface area contributed by atoms with Crippen LogP contribution in [0.5, 0.6) is 0 Å². The van der Waals surface area contributed by atoms with Crippen molar-refractivity contribution in [2.75, 3.05) is 25.9 Å². The molecule has 0 radical (unpaired) electrons. The van der Waals surface area contributed by atoms with E-state index in [0.717, 1.165) is 0 Å². The molecule has 0 spiro atoms. The van der Waals surface area contributed by atoms with E-state index in [1.807, 2.05) is 0 Å². The Balaban J connectivity index is 2.54. The van der Waals surface area contributed by atoms with Gasteiger partial charge in [-0.2, -0.15) is 0 Å². The lowest BCUT2D eigenvalue weighted by atomic mass is 10.2. The van der Waals surface area contributed by atoms with Crippen molar-refractivity contribution in [1.29, 1.82) is 0 Å². The lowest BCUT2D eigenvalue weighted by molar-refractivity contribution is -0.141. The van der Waals surface area contributed by atoms with Crippen LogP contribution in [0.4, 0.5) is 5.69 Å². The number of ether oxygens (including phenoxy) is 1. The first-order chi connectivity index (χ1) is 8.00. The van der Waals surface area contributed by atoms with Crippen LogP contribution in [0.25, 0.3) is 0 Å². The number of nitrogen functional groups attached to an aromatic ring is 1. The van der Waals surface area contributed by atoms with Crippen molar-refractivity contribution in [2.45, 2.75) is 6.92 Å².